The van der Waals surface area contributed by atoms with Crippen LogP contribution >= 0.6 is 0 Å². The second-order valence-electron chi connectivity index (χ2n) is 16.8. The van der Waals surface area contributed by atoms with Crippen molar-refractivity contribution in [1.29, 1.82) is 0 Å². The van der Waals surface area contributed by atoms with E-state index in [1.807, 2.05) is 12.2 Å². The molecule has 8 aromatic carbocycles. The van der Waals surface area contributed by atoms with Gasteiger partial charge >= 0.3 is 0 Å². The number of fused-ring (bicyclic) bond motifs is 3. The van der Waals surface area contributed by atoms with Gasteiger partial charge < -0.3 is 9.80 Å². The molecule has 9 rings (SSSR count). The van der Waals surface area contributed by atoms with Crippen molar-refractivity contribution in [3.05, 3.63) is 251 Å². The van der Waals surface area contributed by atoms with E-state index < -0.39 is 5.41 Å². The summed E-state index contributed by atoms with van der Waals surface area (Å²) in [6.45, 7) is 16.7. The van der Waals surface area contributed by atoms with E-state index in [0.717, 1.165) is 58.1 Å². The summed E-state index contributed by atoms with van der Waals surface area (Å²) in [7, 11) is 0. The highest BCUT2D eigenvalue weighted by atomic mass is 15.1. The van der Waals surface area contributed by atoms with Gasteiger partial charge in [0.15, 0.2) is 0 Å². The standard InChI is InChI=1S/C59H52N2/c1-7-45-17-21-47(22-18-45)39-59(40-48-23-19-46(8-2)20-24-48)57-37-53(60(49-25-9-41(3)10-26-49)50-27-11-42(4)12-28-50)33-35-55(57)56-36-34-54(38-58(56)59)61(51-29-13-43(5)14-30-51)52-31-15-44(6)16-32-52/h7-38H,1-2,39-40H2,3-6H3. The van der Waals surface area contributed by atoms with E-state index >= 15 is 0 Å². The third-order valence-corrected chi connectivity index (χ3v) is 12.5. The summed E-state index contributed by atoms with van der Waals surface area (Å²) >= 11 is 0. The Bertz CT molecular complexity index is 2540. The largest absolute Gasteiger partial charge is 0.310 e. The van der Waals surface area contributed by atoms with E-state index in [9.17, 15) is 0 Å². The minimum atomic E-state index is -0.430. The fourth-order valence-electron chi connectivity index (χ4n) is 9.10. The van der Waals surface area contributed by atoms with E-state index in [1.54, 1.807) is 0 Å². The van der Waals surface area contributed by atoms with Crippen LogP contribution in [0.4, 0.5) is 34.1 Å². The predicted molar refractivity (Wildman–Crippen MR) is 261 cm³/mol. The Kier molecular flexibility index (Phi) is 10.6. The first-order valence-corrected chi connectivity index (χ1v) is 21.3. The van der Waals surface area contributed by atoms with Gasteiger partial charge in [0.2, 0.25) is 0 Å². The van der Waals surface area contributed by atoms with Crippen LogP contribution in [0.5, 0.6) is 0 Å². The van der Waals surface area contributed by atoms with Crippen molar-refractivity contribution >= 4 is 46.3 Å². The van der Waals surface area contributed by atoms with E-state index in [4.69, 9.17) is 0 Å². The topological polar surface area (TPSA) is 6.48 Å². The number of anilines is 6. The predicted octanol–water partition coefficient (Wildman–Crippen LogP) is 15.9. The van der Waals surface area contributed by atoms with Crippen LogP contribution in [0.3, 0.4) is 0 Å². The lowest BCUT2D eigenvalue weighted by Gasteiger charge is -2.35. The Labute approximate surface area is 362 Å². The summed E-state index contributed by atoms with van der Waals surface area (Å²) in [6.07, 6.45) is 5.47. The van der Waals surface area contributed by atoms with Crippen LogP contribution in [0.25, 0.3) is 23.3 Å². The number of aryl methyl sites for hydroxylation is 4. The Morgan fingerprint density at radius 3 is 0.918 bits per heavy atom. The molecule has 0 amide bonds. The van der Waals surface area contributed by atoms with Crippen molar-refractivity contribution in [2.45, 2.75) is 46.0 Å². The number of hydrogen-bond donors (Lipinski definition) is 0. The van der Waals surface area contributed by atoms with Crippen LogP contribution in [-0.4, -0.2) is 0 Å². The molecule has 8 aromatic rings. The van der Waals surface area contributed by atoms with Crippen molar-refractivity contribution in [2.24, 2.45) is 0 Å². The summed E-state index contributed by atoms with van der Waals surface area (Å²) in [4.78, 5) is 4.82. The number of nitrogens with zero attached hydrogens (tertiary/aromatic N) is 2. The lowest BCUT2D eigenvalue weighted by atomic mass is 9.69. The zero-order chi connectivity index (χ0) is 42.1. The molecule has 0 fully saturated rings. The fraction of sp³-hybridized carbons (Fsp3) is 0.119. The Morgan fingerprint density at radius 1 is 0.361 bits per heavy atom. The van der Waals surface area contributed by atoms with Gasteiger partial charge in [0.25, 0.3) is 0 Å². The van der Waals surface area contributed by atoms with Gasteiger partial charge in [-0.05, 0) is 158 Å². The first-order chi connectivity index (χ1) is 29.7. The van der Waals surface area contributed by atoms with Crippen LogP contribution in [0.15, 0.2) is 195 Å². The van der Waals surface area contributed by atoms with Gasteiger partial charge in [-0.3, -0.25) is 0 Å². The Balaban J connectivity index is 1.30. The summed E-state index contributed by atoms with van der Waals surface area (Å²) in [5, 5.41) is 0. The monoisotopic (exact) mass is 788 g/mol. The van der Waals surface area contributed by atoms with Crippen LogP contribution in [0.1, 0.15) is 55.6 Å². The molecule has 61 heavy (non-hydrogen) atoms. The first-order valence-electron chi connectivity index (χ1n) is 21.3. The molecule has 298 valence electrons. The normalized spacial score (nSPS) is 12.3. The highest BCUT2D eigenvalue weighted by Crippen LogP contribution is 2.55. The van der Waals surface area contributed by atoms with Gasteiger partial charge in [-0.2, -0.15) is 0 Å². The molecule has 0 aliphatic heterocycles. The maximum atomic E-state index is 4.06. The first kappa shape index (κ1) is 39.3. The summed E-state index contributed by atoms with van der Waals surface area (Å²) in [5.74, 6) is 0. The Hall–Kier alpha value is -7.16. The second-order valence-corrected chi connectivity index (χ2v) is 16.8. The van der Waals surface area contributed by atoms with Crippen LogP contribution in [0, 0.1) is 27.7 Å². The van der Waals surface area contributed by atoms with Crippen molar-refractivity contribution in [3.63, 3.8) is 0 Å². The smallest absolute Gasteiger partial charge is 0.0465 e. The summed E-state index contributed by atoms with van der Waals surface area (Å²) in [6, 6.07) is 67.9. The van der Waals surface area contributed by atoms with Crippen molar-refractivity contribution in [3.8, 4) is 11.1 Å². The summed E-state index contributed by atoms with van der Waals surface area (Å²) < 4.78 is 0. The van der Waals surface area contributed by atoms with Gasteiger partial charge in [-0.15, -0.1) is 0 Å². The Morgan fingerprint density at radius 2 is 0.639 bits per heavy atom. The van der Waals surface area contributed by atoms with E-state index in [-0.39, 0.29) is 0 Å². The van der Waals surface area contributed by atoms with Gasteiger partial charge in [-0.25, -0.2) is 0 Å². The molecular weight excluding hydrogens is 737 g/mol. The highest BCUT2D eigenvalue weighted by Gasteiger charge is 2.44. The van der Waals surface area contributed by atoms with Crippen LogP contribution < -0.4 is 9.80 Å². The van der Waals surface area contributed by atoms with Gasteiger partial charge in [0.05, 0.1) is 0 Å². The molecule has 2 heteroatoms. The van der Waals surface area contributed by atoms with Gasteiger partial charge in [0.1, 0.15) is 0 Å². The number of rotatable bonds is 12. The van der Waals surface area contributed by atoms with E-state index in [1.165, 1.54) is 55.6 Å². The van der Waals surface area contributed by atoms with Crippen LogP contribution in [0.2, 0.25) is 0 Å². The minimum absolute atomic E-state index is 0.430. The summed E-state index contributed by atoms with van der Waals surface area (Å²) in [5.41, 5.74) is 21.3. The zero-order valence-electron chi connectivity index (χ0n) is 35.7. The SMILES string of the molecule is C=Cc1ccc(CC2(Cc3ccc(C=C)cc3)c3cc(N(c4ccc(C)cc4)c4ccc(C)cc4)ccc3-c3ccc(N(c4ccc(C)cc4)c4ccc(C)cc4)cc32)cc1. The molecule has 0 heterocycles. The van der Waals surface area contributed by atoms with E-state index in [2.05, 4.69) is 233 Å². The molecule has 1 aliphatic rings. The van der Waals surface area contributed by atoms with Crippen molar-refractivity contribution in [2.75, 3.05) is 9.80 Å². The second kappa shape index (κ2) is 16.5. The average Bonchev–Trinajstić information content (AvgIpc) is 3.54. The molecular formula is C59H52N2. The fourth-order valence-corrected chi connectivity index (χ4v) is 9.10. The highest BCUT2D eigenvalue weighted by molar-refractivity contribution is 5.89. The molecule has 0 aromatic heterocycles. The maximum Gasteiger partial charge on any atom is 0.0465 e. The average molecular weight is 789 g/mol. The molecule has 0 saturated heterocycles. The molecule has 1 aliphatic carbocycles. The number of benzene rings is 8. The molecule has 0 saturated carbocycles. The lowest BCUT2D eigenvalue weighted by Crippen LogP contribution is -2.31. The number of hydrogen-bond acceptors (Lipinski definition) is 2. The van der Waals surface area contributed by atoms with Crippen LogP contribution in [-0.2, 0) is 18.3 Å². The molecule has 0 bridgehead atoms. The maximum absolute atomic E-state index is 4.06. The molecule has 0 atom stereocenters. The molecule has 0 N–H and O–H groups in total. The zero-order valence-corrected chi connectivity index (χ0v) is 35.7. The van der Waals surface area contributed by atoms with Crippen molar-refractivity contribution in [1.82, 2.24) is 0 Å². The lowest BCUT2D eigenvalue weighted by molar-refractivity contribution is 0.520. The van der Waals surface area contributed by atoms with Crippen molar-refractivity contribution < 1.29 is 0 Å². The molecule has 0 radical (unpaired) electrons. The third-order valence-electron chi connectivity index (χ3n) is 12.5. The van der Waals surface area contributed by atoms with E-state index in [0.29, 0.717) is 0 Å². The molecule has 2 nitrogen and oxygen atoms in total. The quantitative estimate of drug-likeness (QED) is 0.122. The molecule has 0 unspecified atom stereocenters. The molecule has 0 spiro atoms. The van der Waals surface area contributed by atoms with Gasteiger partial charge in [-0.1, -0.05) is 157 Å². The minimum Gasteiger partial charge on any atom is -0.310 e. The third kappa shape index (κ3) is 7.74. The van der Waals surface area contributed by atoms with Gasteiger partial charge in [0, 0.05) is 39.5 Å².